The van der Waals surface area contributed by atoms with Crippen molar-refractivity contribution in [3.63, 3.8) is 0 Å². The van der Waals surface area contributed by atoms with Gasteiger partial charge in [-0.1, -0.05) is 58.3 Å². The molecule has 0 saturated heterocycles. The topological polar surface area (TPSA) is 69.7 Å². The summed E-state index contributed by atoms with van der Waals surface area (Å²) in [5.74, 6) is -0.629. The van der Waals surface area contributed by atoms with Crippen LogP contribution in [-0.4, -0.2) is 23.1 Å². The molecule has 0 N–H and O–H groups in total. The Bertz CT molecular complexity index is 855. The second-order valence-electron chi connectivity index (χ2n) is 8.54. The standard InChI is InChI=1S/C25H32O5/c1-4-5-6-7-8-9-10-11-12-13-20(26)22-23-19-16-29-17(2)14-18(19)15-21(27)25(23,3)30-24(22)28/h14-16H,4-13H2,1-3H3/t25-/m0/s1. The third-order valence-corrected chi connectivity index (χ3v) is 6.07. The van der Waals surface area contributed by atoms with Crippen LogP contribution in [0.1, 0.15) is 85.0 Å². The number of hydrogen-bond acceptors (Lipinski definition) is 5. The average molecular weight is 413 g/mol. The second kappa shape index (κ2) is 9.59. The Kier molecular flexibility index (Phi) is 7.11. The van der Waals surface area contributed by atoms with Gasteiger partial charge in [0.25, 0.3) is 0 Å². The lowest BCUT2D eigenvalue weighted by molar-refractivity contribution is -0.152. The van der Waals surface area contributed by atoms with E-state index in [9.17, 15) is 14.4 Å². The normalized spacial score (nSPS) is 22.6. The lowest BCUT2D eigenvalue weighted by Crippen LogP contribution is -2.40. The molecule has 1 atom stereocenters. The van der Waals surface area contributed by atoms with Crippen molar-refractivity contribution in [2.24, 2.45) is 0 Å². The van der Waals surface area contributed by atoms with E-state index in [2.05, 4.69) is 6.92 Å². The van der Waals surface area contributed by atoms with Gasteiger partial charge in [-0.25, -0.2) is 4.79 Å². The Morgan fingerprint density at radius 2 is 1.60 bits per heavy atom. The molecule has 5 heteroatoms. The van der Waals surface area contributed by atoms with Crippen molar-refractivity contribution in [2.45, 2.75) is 90.6 Å². The quantitative estimate of drug-likeness (QED) is 0.258. The van der Waals surface area contributed by atoms with Crippen LogP contribution in [-0.2, 0) is 23.9 Å². The maximum absolute atomic E-state index is 12.9. The van der Waals surface area contributed by atoms with Gasteiger partial charge in [-0.15, -0.1) is 0 Å². The number of ketones is 2. The van der Waals surface area contributed by atoms with E-state index in [0.717, 1.165) is 19.3 Å². The van der Waals surface area contributed by atoms with Crippen molar-refractivity contribution < 1.29 is 23.9 Å². The molecular weight excluding hydrogens is 380 g/mol. The molecule has 3 aliphatic rings. The number of Topliss-reactive ketones (excluding diaryl/α,β-unsaturated/α-hetero) is 1. The molecule has 3 rings (SSSR count). The fourth-order valence-corrected chi connectivity index (χ4v) is 4.32. The van der Waals surface area contributed by atoms with Crippen molar-refractivity contribution in [1.82, 2.24) is 0 Å². The summed E-state index contributed by atoms with van der Waals surface area (Å²) in [6, 6.07) is 0. The summed E-state index contributed by atoms with van der Waals surface area (Å²) < 4.78 is 10.9. The predicted molar refractivity (Wildman–Crippen MR) is 114 cm³/mol. The third kappa shape index (κ3) is 4.50. The summed E-state index contributed by atoms with van der Waals surface area (Å²) in [4.78, 5) is 38.2. The SMILES string of the molecule is CCCCCCCCCCCC(=O)C1=C2C3=COC(C)=CC3=CC(=O)[C@]2(C)OC1=O. The van der Waals surface area contributed by atoms with Gasteiger partial charge in [-0.3, -0.25) is 9.59 Å². The molecule has 0 fully saturated rings. The lowest BCUT2D eigenvalue weighted by Gasteiger charge is -2.31. The molecule has 30 heavy (non-hydrogen) atoms. The van der Waals surface area contributed by atoms with E-state index in [4.69, 9.17) is 9.47 Å². The summed E-state index contributed by atoms with van der Waals surface area (Å²) in [5, 5.41) is 0. The molecule has 0 spiro atoms. The minimum absolute atomic E-state index is 0.0128. The highest BCUT2D eigenvalue weighted by Crippen LogP contribution is 2.46. The van der Waals surface area contributed by atoms with Crippen molar-refractivity contribution in [3.8, 4) is 0 Å². The average Bonchev–Trinajstić information content (AvgIpc) is 2.98. The van der Waals surface area contributed by atoms with Crippen LogP contribution in [0.5, 0.6) is 0 Å². The molecule has 0 unspecified atom stereocenters. The van der Waals surface area contributed by atoms with Crippen molar-refractivity contribution in [1.29, 1.82) is 0 Å². The van der Waals surface area contributed by atoms with E-state index in [1.54, 1.807) is 19.9 Å². The first kappa shape index (κ1) is 22.3. The third-order valence-electron chi connectivity index (χ3n) is 6.07. The van der Waals surface area contributed by atoms with E-state index in [-0.39, 0.29) is 23.6 Å². The van der Waals surface area contributed by atoms with Crippen molar-refractivity contribution in [3.05, 3.63) is 46.5 Å². The van der Waals surface area contributed by atoms with Crippen LogP contribution in [0, 0.1) is 0 Å². The highest BCUT2D eigenvalue weighted by atomic mass is 16.6. The minimum Gasteiger partial charge on any atom is -0.469 e. The van der Waals surface area contributed by atoms with Crippen LogP contribution in [0.4, 0.5) is 0 Å². The zero-order valence-electron chi connectivity index (χ0n) is 18.3. The molecule has 0 amide bonds. The second-order valence-corrected chi connectivity index (χ2v) is 8.54. The maximum Gasteiger partial charge on any atom is 0.343 e. The Balaban J connectivity index is 1.64. The Morgan fingerprint density at radius 1 is 0.967 bits per heavy atom. The first-order chi connectivity index (χ1) is 14.4. The monoisotopic (exact) mass is 412 g/mol. The van der Waals surface area contributed by atoms with Gasteiger partial charge in [-0.05, 0) is 38.0 Å². The Labute approximate surface area is 178 Å². The summed E-state index contributed by atoms with van der Waals surface area (Å²) in [5.41, 5.74) is 0.170. The highest BCUT2D eigenvalue weighted by molar-refractivity contribution is 6.24. The van der Waals surface area contributed by atoms with Crippen molar-refractivity contribution in [2.75, 3.05) is 0 Å². The first-order valence-electron chi connectivity index (χ1n) is 11.2. The van der Waals surface area contributed by atoms with Gasteiger partial charge in [0.05, 0.1) is 6.26 Å². The molecule has 0 aromatic heterocycles. The molecule has 0 aromatic rings. The number of fused-ring (bicyclic) bond motifs is 3. The smallest absolute Gasteiger partial charge is 0.343 e. The van der Waals surface area contributed by atoms with Gasteiger partial charge in [0.15, 0.2) is 11.4 Å². The summed E-state index contributed by atoms with van der Waals surface area (Å²) in [7, 11) is 0. The molecule has 5 nitrogen and oxygen atoms in total. The van der Waals surface area contributed by atoms with Gasteiger partial charge in [-0.2, -0.15) is 0 Å². The number of carbonyl (C=O) groups is 3. The number of allylic oxidation sites excluding steroid dienone is 3. The van der Waals surface area contributed by atoms with Gasteiger partial charge >= 0.3 is 5.97 Å². The number of carbonyl (C=O) groups excluding carboxylic acids is 3. The summed E-state index contributed by atoms with van der Waals surface area (Å²) in [6.07, 6.45) is 15.4. The lowest BCUT2D eigenvalue weighted by atomic mass is 9.75. The predicted octanol–water partition coefficient (Wildman–Crippen LogP) is 5.42. The molecular formula is C25H32O5. The van der Waals surface area contributed by atoms with E-state index in [1.807, 2.05) is 0 Å². The summed E-state index contributed by atoms with van der Waals surface area (Å²) in [6.45, 7) is 5.56. The highest BCUT2D eigenvalue weighted by Gasteiger charge is 2.54. The first-order valence-corrected chi connectivity index (χ1v) is 11.2. The number of esters is 1. The molecule has 0 aromatic carbocycles. The van der Waals surface area contributed by atoms with Crippen LogP contribution in [0.3, 0.4) is 0 Å². The van der Waals surface area contributed by atoms with Crippen LogP contribution in [0.2, 0.25) is 0 Å². The Morgan fingerprint density at radius 3 is 2.27 bits per heavy atom. The molecule has 0 radical (unpaired) electrons. The fraction of sp³-hybridized carbons (Fsp3) is 0.560. The maximum atomic E-state index is 12.9. The van der Waals surface area contributed by atoms with Crippen molar-refractivity contribution >= 4 is 17.5 Å². The van der Waals surface area contributed by atoms with Gasteiger partial charge in [0, 0.05) is 17.6 Å². The van der Waals surface area contributed by atoms with Gasteiger partial charge in [0.1, 0.15) is 11.3 Å². The van der Waals surface area contributed by atoms with E-state index >= 15 is 0 Å². The van der Waals surface area contributed by atoms with Crippen LogP contribution in [0.15, 0.2) is 46.5 Å². The van der Waals surface area contributed by atoms with Crippen LogP contribution < -0.4 is 0 Å². The number of rotatable bonds is 11. The Hall–Kier alpha value is -2.43. The molecule has 2 heterocycles. The number of unbranched alkanes of at least 4 members (excludes halogenated alkanes) is 8. The van der Waals surface area contributed by atoms with E-state index in [0.29, 0.717) is 22.5 Å². The van der Waals surface area contributed by atoms with Gasteiger partial charge in [0.2, 0.25) is 5.78 Å². The molecule has 162 valence electrons. The molecule has 0 bridgehead atoms. The molecule has 0 saturated carbocycles. The fourth-order valence-electron chi connectivity index (χ4n) is 4.32. The van der Waals surface area contributed by atoms with E-state index in [1.165, 1.54) is 50.9 Å². The largest absolute Gasteiger partial charge is 0.469 e. The minimum atomic E-state index is -1.45. The van der Waals surface area contributed by atoms with Crippen LogP contribution in [0.25, 0.3) is 0 Å². The molecule has 1 aliphatic carbocycles. The van der Waals surface area contributed by atoms with E-state index < -0.39 is 11.6 Å². The number of ether oxygens (including phenoxy) is 2. The number of hydrogen-bond donors (Lipinski definition) is 0. The van der Waals surface area contributed by atoms with Gasteiger partial charge < -0.3 is 9.47 Å². The molecule has 2 aliphatic heterocycles. The van der Waals surface area contributed by atoms with Crippen LogP contribution >= 0.6 is 0 Å². The zero-order chi connectivity index (χ0) is 21.7. The summed E-state index contributed by atoms with van der Waals surface area (Å²) >= 11 is 0. The zero-order valence-corrected chi connectivity index (χ0v) is 18.3.